The molecule has 5 nitrogen and oxygen atoms in total. The van der Waals surface area contributed by atoms with Crippen molar-refractivity contribution in [1.29, 1.82) is 0 Å². The average molecular weight is 325 g/mol. The fourth-order valence-corrected chi connectivity index (χ4v) is 3.75. The predicted octanol–water partition coefficient (Wildman–Crippen LogP) is 2.37. The topological polar surface area (TPSA) is 47.4 Å². The lowest BCUT2D eigenvalue weighted by Crippen LogP contribution is -2.45. The number of para-hydroxylation sites is 1. The Hall–Kier alpha value is -2.30. The van der Waals surface area contributed by atoms with Gasteiger partial charge in [0.2, 0.25) is 5.91 Å². The highest BCUT2D eigenvalue weighted by atomic mass is 16.5. The zero-order valence-corrected chi connectivity index (χ0v) is 13.8. The molecule has 0 radical (unpaired) electrons. The Morgan fingerprint density at radius 2 is 2.04 bits per heavy atom. The normalized spacial score (nSPS) is 21.2. The van der Waals surface area contributed by atoms with Crippen LogP contribution >= 0.6 is 0 Å². The molecule has 126 valence electrons. The van der Waals surface area contributed by atoms with Gasteiger partial charge in [0.05, 0.1) is 5.92 Å². The molecule has 24 heavy (non-hydrogen) atoms. The van der Waals surface area contributed by atoms with E-state index in [0.717, 1.165) is 50.2 Å². The lowest BCUT2D eigenvalue weighted by Gasteiger charge is -2.35. The summed E-state index contributed by atoms with van der Waals surface area (Å²) in [5.41, 5.74) is 1.15. The Kier molecular flexibility index (Phi) is 4.24. The van der Waals surface area contributed by atoms with E-state index in [1.54, 1.807) is 0 Å². The highest BCUT2D eigenvalue weighted by Gasteiger charge is 2.31. The number of hydrogen-bond acceptors (Lipinski definition) is 3. The summed E-state index contributed by atoms with van der Waals surface area (Å²) >= 11 is 0. The molecule has 1 amide bonds. The van der Waals surface area contributed by atoms with Crippen LogP contribution in [0.15, 0.2) is 42.7 Å². The van der Waals surface area contributed by atoms with Crippen LogP contribution in [0, 0.1) is 11.8 Å². The van der Waals surface area contributed by atoms with Gasteiger partial charge in [-0.05, 0) is 42.9 Å². The predicted molar refractivity (Wildman–Crippen MR) is 90.7 cm³/mol. The van der Waals surface area contributed by atoms with Gasteiger partial charge in [0, 0.05) is 32.0 Å². The molecule has 0 bridgehead atoms. The molecule has 0 spiro atoms. The lowest BCUT2D eigenvalue weighted by molar-refractivity contribution is -0.138. The number of benzene rings is 1. The van der Waals surface area contributed by atoms with Crippen LogP contribution in [0.25, 0.3) is 0 Å². The van der Waals surface area contributed by atoms with Gasteiger partial charge >= 0.3 is 0 Å². The number of rotatable bonds is 3. The van der Waals surface area contributed by atoms with E-state index >= 15 is 0 Å². The van der Waals surface area contributed by atoms with E-state index in [0.29, 0.717) is 12.5 Å². The van der Waals surface area contributed by atoms with Crippen molar-refractivity contribution < 1.29 is 9.53 Å². The van der Waals surface area contributed by atoms with Gasteiger partial charge in [-0.15, -0.1) is 0 Å². The van der Waals surface area contributed by atoms with E-state index in [4.69, 9.17) is 4.74 Å². The fraction of sp³-hybridized carbons (Fsp3) is 0.474. The first kappa shape index (κ1) is 15.2. The maximum absolute atomic E-state index is 12.8. The van der Waals surface area contributed by atoms with Crippen LogP contribution in [0.2, 0.25) is 0 Å². The van der Waals surface area contributed by atoms with Crippen molar-refractivity contribution >= 4 is 5.91 Å². The van der Waals surface area contributed by atoms with Gasteiger partial charge in [-0.2, -0.15) is 5.10 Å². The summed E-state index contributed by atoms with van der Waals surface area (Å²) in [5.74, 6) is 1.75. The van der Waals surface area contributed by atoms with Gasteiger partial charge in [-0.25, -0.2) is 0 Å². The second-order valence-corrected chi connectivity index (χ2v) is 6.82. The molecule has 1 atom stereocenters. The molecule has 0 unspecified atom stereocenters. The minimum absolute atomic E-state index is 0.0393. The van der Waals surface area contributed by atoms with Crippen molar-refractivity contribution in [3.05, 3.63) is 48.3 Å². The Labute approximate surface area is 142 Å². The highest BCUT2D eigenvalue weighted by Crippen LogP contribution is 2.29. The second-order valence-electron chi connectivity index (χ2n) is 6.82. The third kappa shape index (κ3) is 3.16. The summed E-state index contributed by atoms with van der Waals surface area (Å²) in [6.07, 6.45) is 6.72. The molecule has 0 N–H and O–H groups in total. The number of nitrogens with zero attached hydrogens (tertiary/aromatic N) is 3. The first-order chi connectivity index (χ1) is 11.8. The number of likely N-dealkylation sites (tertiary alicyclic amines) is 1. The zero-order valence-electron chi connectivity index (χ0n) is 13.8. The van der Waals surface area contributed by atoms with E-state index in [1.165, 1.54) is 0 Å². The van der Waals surface area contributed by atoms with Crippen molar-refractivity contribution in [1.82, 2.24) is 14.7 Å². The summed E-state index contributed by atoms with van der Waals surface area (Å²) < 4.78 is 7.77. The standard InChI is InChI=1S/C19H23N3O2/c23-19(17-12-16-4-1-2-5-18(16)24-14-17)21-10-6-15(7-11-21)13-22-9-3-8-20-22/h1-5,8-9,15,17H,6-7,10-14H2/t17-/m1/s1. The molecular formula is C19H23N3O2. The molecule has 2 aliphatic rings. The van der Waals surface area contributed by atoms with E-state index in [2.05, 4.69) is 11.2 Å². The number of piperidine rings is 1. The Morgan fingerprint density at radius 3 is 2.83 bits per heavy atom. The van der Waals surface area contributed by atoms with Gasteiger partial charge < -0.3 is 9.64 Å². The first-order valence-corrected chi connectivity index (χ1v) is 8.76. The molecule has 0 aliphatic carbocycles. The van der Waals surface area contributed by atoms with Crippen molar-refractivity contribution in [3.63, 3.8) is 0 Å². The number of carbonyl (C=O) groups excluding carboxylic acids is 1. The van der Waals surface area contributed by atoms with Gasteiger partial charge in [0.15, 0.2) is 0 Å². The number of hydrogen-bond donors (Lipinski definition) is 0. The number of amides is 1. The van der Waals surface area contributed by atoms with Crippen LogP contribution in [-0.2, 0) is 17.8 Å². The Bertz CT molecular complexity index is 690. The van der Waals surface area contributed by atoms with Crippen LogP contribution in [-0.4, -0.2) is 40.3 Å². The number of fused-ring (bicyclic) bond motifs is 1. The Morgan fingerprint density at radius 1 is 1.21 bits per heavy atom. The maximum atomic E-state index is 12.8. The maximum Gasteiger partial charge on any atom is 0.229 e. The Balaban J connectivity index is 1.32. The van der Waals surface area contributed by atoms with Gasteiger partial charge in [0.1, 0.15) is 12.4 Å². The fourth-order valence-electron chi connectivity index (χ4n) is 3.75. The van der Waals surface area contributed by atoms with Crippen molar-refractivity contribution in [2.45, 2.75) is 25.8 Å². The molecule has 1 fully saturated rings. The molecule has 5 heteroatoms. The van der Waals surface area contributed by atoms with Crippen LogP contribution in [0.1, 0.15) is 18.4 Å². The summed E-state index contributed by atoms with van der Waals surface area (Å²) in [4.78, 5) is 14.8. The second kappa shape index (κ2) is 6.67. The van der Waals surface area contributed by atoms with Gasteiger partial charge in [-0.1, -0.05) is 18.2 Å². The van der Waals surface area contributed by atoms with Crippen molar-refractivity contribution in [2.75, 3.05) is 19.7 Å². The van der Waals surface area contributed by atoms with E-state index < -0.39 is 0 Å². The first-order valence-electron chi connectivity index (χ1n) is 8.76. The molecule has 1 aromatic carbocycles. The molecular weight excluding hydrogens is 302 g/mol. The lowest BCUT2D eigenvalue weighted by atomic mass is 9.92. The zero-order chi connectivity index (χ0) is 16.4. The molecule has 2 aromatic rings. The monoisotopic (exact) mass is 325 g/mol. The average Bonchev–Trinajstić information content (AvgIpc) is 3.14. The quantitative estimate of drug-likeness (QED) is 0.870. The molecule has 4 rings (SSSR count). The van der Waals surface area contributed by atoms with E-state index in [1.807, 2.05) is 46.2 Å². The van der Waals surface area contributed by atoms with E-state index in [9.17, 15) is 4.79 Å². The summed E-state index contributed by atoms with van der Waals surface area (Å²) in [5, 5.41) is 4.28. The van der Waals surface area contributed by atoms with Crippen molar-refractivity contribution in [3.8, 4) is 5.75 Å². The van der Waals surface area contributed by atoms with E-state index in [-0.39, 0.29) is 11.8 Å². The SMILES string of the molecule is O=C([C@H]1COc2ccccc2C1)N1CCC(Cn2cccn2)CC1. The van der Waals surface area contributed by atoms with Crippen LogP contribution < -0.4 is 4.74 Å². The largest absolute Gasteiger partial charge is 0.492 e. The number of carbonyl (C=O) groups is 1. The van der Waals surface area contributed by atoms with Crippen LogP contribution in [0.4, 0.5) is 0 Å². The van der Waals surface area contributed by atoms with Crippen molar-refractivity contribution in [2.24, 2.45) is 11.8 Å². The van der Waals surface area contributed by atoms with Gasteiger partial charge in [-0.3, -0.25) is 9.48 Å². The number of aromatic nitrogens is 2. The molecule has 0 saturated carbocycles. The minimum Gasteiger partial charge on any atom is -0.492 e. The summed E-state index contributed by atoms with van der Waals surface area (Å²) in [6, 6.07) is 9.99. The minimum atomic E-state index is -0.0393. The smallest absolute Gasteiger partial charge is 0.229 e. The summed E-state index contributed by atoms with van der Waals surface area (Å²) in [6.45, 7) is 3.16. The molecule has 2 aliphatic heterocycles. The van der Waals surface area contributed by atoms with Crippen LogP contribution in [0.5, 0.6) is 5.75 Å². The molecule has 3 heterocycles. The highest BCUT2D eigenvalue weighted by molar-refractivity contribution is 5.80. The molecule has 1 aromatic heterocycles. The third-order valence-electron chi connectivity index (χ3n) is 5.16. The molecule has 1 saturated heterocycles. The van der Waals surface area contributed by atoms with Gasteiger partial charge in [0.25, 0.3) is 0 Å². The summed E-state index contributed by atoms with van der Waals surface area (Å²) in [7, 11) is 0. The number of ether oxygens (including phenoxy) is 1. The third-order valence-corrected chi connectivity index (χ3v) is 5.16. The van der Waals surface area contributed by atoms with Crippen LogP contribution in [0.3, 0.4) is 0 Å².